The molecule has 2 nitrogen and oxygen atoms in total. The molecule has 0 amide bonds. The number of hydrogen-bond donors (Lipinski definition) is 0. The van der Waals surface area contributed by atoms with E-state index in [2.05, 4.69) is 120 Å². The lowest BCUT2D eigenvalue weighted by atomic mass is 9.84. The Hall–Kier alpha value is -2.14. The van der Waals surface area contributed by atoms with Crippen LogP contribution in [0.15, 0.2) is 78.0 Å². The molecule has 4 heteroatoms. The zero-order valence-corrected chi connectivity index (χ0v) is 20.6. The van der Waals surface area contributed by atoms with E-state index in [1.54, 1.807) is 0 Å². The van der Waals surface area contributed by atoms with Gasteiger partial charge in [0.25, 0.3) is 0 Å². The minimum Gasteiger partial charge on any atom is -0.403 e. The molecule has 1 saturated heterocycles. The molecule has 0 radical (unpaired) electrons. The van der Waals surface area contributed by atoms with Gasteiger partial charge in [-0.05, 0) is 44.0 Å². The van der Waals surface area contributed by atoms with Crippen LogP contribution in [0, 0.1) is 0 Å². The molecule has 3 aromatic carbocycles. The Morgan fingerprint density at radius 1 is 0.806 bits per heavy atom. The lowest BCUT2D eigenvalue weighted by molar-refractivity contribution is 0.00578. The van der Waals surface area contributed by atoms with Gasteiger partial charge in [-0.1, -0.05) is 102 Å². The second kappa shape index (κ2) is 8.09. The Labute approximate surface area is 188 Å². The van der Waals surface area contributed by atoms with Crippen LogP contribution in [0.1, 0.15) is 33.3 Å². The van der Waals surface area contributed by atoms with Crippen molar-refractivity contribution in [2.75, 3.05) is 0 Å². The number of allylic oxidation sites excluding steroid dienone is 1. The quantitative estimate of drug-likeness (QED) is 0.434. The lowest BCUT2D eigenvalue weighted by Crippen LogP contribution is -2.45. The van der Waals surface area contributed by atoms with E-state index in [-0.39, 0.29) is 18.3 Å². The average Bonchev–Trinajstić information content (AvgIpc) is 2.94. The van der Waals surface area contributed by atoms with Crippen molar-refractivity contribution in [3.8, 4) is 0 Å². The Morgan fingerprint density at radius 2 is 1.39 bits per heavy atom. The van der Waals surface area contributed by atoms with Gasteiger partial charge in [0.2, 0.25) is 0 Å². The van der Waals surface area contributed by atoms with Gasteiger partial charge in [0.1, 0.15) is 8.07 Å². The van der Waals surface area contributed by atoms with Crippen LogP contribution in [-0.2, 0) is 9.31 Å². The summed E-state index contributed by atoms with van der Waals surface area (Å²) in [6, 6.07) is 26.1. The third-order valence-electron chi connectivity index (χ3n) is 7.14. The maximum absolute atomic E-state index is 6.41. The van der Waals surface area contributed by atoms with E-state index in [4.69, 9.17) is 9.31 Å². The molecule has 1 aliphatic heterocycles. The van der Waals surface area contributed by atoms with Gasteiger partial charge in [-0.15, -0.1) is 0 Å². The molecule has 0 aromatic heterocycles. The van der Waals surface area contributed by atoms with Crippen LogP contribution in [0.3, 0.4) is 0 Å². The van der Waals surface area contributed by atoms with Crippen LogP contribution >= 0.6 is 0 Å². The van der Waals surface area contributed by atoms with Crippen LogP contribution in [0.5, 0.6) is 0 Å². The molecule has 160 valence electrons. The normalized spacial score (nSPS) is 18.5. The predicted octanol–water partition coefficient (Wildman–Crippen LogP) is 6.47. The third kappa shape index (κ3) is 4.30. The summed E-state index contributed by atoms with van der Waals surface area (Å²) < 4.78 is 12.8. The van der Waals surface area contributed by atoms with Crippen LogP contribution in [-0.4, -0.2) is 26.4 Å². The van der Waals surface area contributed by atoms with Gasteiger partial charge in [0.05, 0.1) is 11.2 Å². The first-order valence-corrected chi connectivity index (χ1v) is 14.2. The first kappa shape index (κ1) is 22.1. The van der Waals surface area contributed by atoms with Gasteiger partial charge in [0.15, 0.2) is 0 Å². The summed E-state index contributed by atoms with van der Waals surface area (Å²) in [5.74, 6) is 0. The molecule has 0 aliphatic carbocycles. The van der Waals surface area contributed by atoms with Gasteiger partial charge in [-0.3, -0.25) is 0 Å². The van der Waals surface area contributed by atoms with E-state index >= 15 is 0 Å². The standard InChI is InChI=1S/C27H33BO2Si/c1-26(2)27(3,4)30-28(29-26)20-24(31(5,6)23-16-8-7-9-17-23)19-22-15-12-14-21-13-10-11-18-25(21)22/h7-19H,20H2,1-6H3/b24-19-. The molecular formula is C27H33BO2Si. The Morgan fingerprint density at radius 3 is 2.06 bits per heavy atom. The topological polar surface area (TPSA) is 18.5 Å². The van der Waals surface area contributed by atoms with E-state index in [1.165, 1.54) is 26.7 Å². The summed E-state index contributed by atoms with van der Waals surface area (Å²) in [7, 11) is -2.17. The highest BCUT2D eigenvalue weighted by Gasteiger charge is 2.51. The van der Waals surface area contributed by atoms with Crippen LogP contribution in [0.2, 0.25) is 19.4 Å². The summed E-state index contributed by atoms with van der Waals surface area (Å²) in [6.07, 6.45) is 3.19. The van der Waals surface area contributed by atoms with Gasteiger partial charge in [-0.25, -0.2) is 0 Å². The zero-order chi connectivity index (χ0) is 22.3. The molecule has 0 unspecified atom stereocenters. The highest BCUT2D eigenvalue weighted by Crippen LogP contribution is 2.40. The third-order valence-corrected chi connectivity index (χ3v) is 10.9. The summed E-state index contributed by atoms with van der Waals surface area (Å²) in [5, 5.41) is 5.42. The van der Waals surface area contributed by atoms with Crippen LogP contribution < -0.4 is 5.19 Å². The maximum Gasteiger partial charge on any atom is 0.461 e. The molecule has 1 fully saturated rings. The highest BCUT2D eigenvalue weighted by molar-refractivity contribution is 6.96. The molecule has 0 spiro atoms. The van der Waals surface area contributed by atoms with E-state index in [0.29, 0.717) is 0 Å². The predicted molar refractivity (Wildman–Crippen MR) is 136 cm³/mol. The fraction of sp³-hybridized carbons (Fsp3) is 0.333. The lowest BCUT2D eigenvalue weighted by Gasteiger charge is -2.32. The van der Waals surface area contributed by atoms with Crippen molar-refractivity contribution in [1.82, 2.24) is 0 Å². The van der Waals surface area contributed by atoms with Crippen molar-refractivity contribution in [3.63, 3.8) is 0 Å². The zero-order valence-electron chi connectivity index (χ0n) is 19.6. The number of hydrogen-bond acceptors (Lipinski definition) is 2. The number of benzene rings is 3. The van der Waals surface area contributed by atoms with Crippen molar-refractivity contribution in [2.24, 2.45) is 0 Å². The Balaban J connectivity index is 1.79. The van der Waals surface area contributed by atoms with Crippen molar-refractivity contribution in [3.05, 3.63) is 83.6 Å². The molecule has 0 bridgehead atoms. The highest BCUT2D eigenvalue weighted by atomic mass is 28.3. The average molecular weight is 428 g/mol. The fourth-order valence-corrected chi connectivity index (χ4v) is 6.92. The molecule has 4 rings (SSSR count). The smallest absolute Gasteiger partial charge is 0.403 e. The number of rotatable bonds is 5. The van der Waals surface area contributed by atoms with Crippen LogP contribution in [0.25, 0.3) is 16.8 Å². The second-order valence-electron chi connectivity index (χ2n) is 10.1. The van der Waals surface area contributed by atoms with E-state index in [9.17, 15) is 0 Å². The molecule has 1 heterocycles. The summed E-state index contributed by atoms with van der Waals surface area (Å²) in [4.78, 5) is 0. The van der Waals surface area contributed by atoms with Gasteiger partial charge >= 0.3 is 7.12 Å². The van der Waals surface area contributed by atoms with Gasteiger partial charge in [0, 0.05) is 6.32 Å². The minimum absolute atomic E-state index is 0.235. The molecule has 0 atom stereocenters. The summed E-state index contributed by atoms with van der Waals surface area (Å²) >= 11 is 0. The molecule has 0 N–H and O–H groups in total. The molecule has 0 saturated carbocycles. The fourth-order valence-electron chi connectivity index (χ4n) is 4.33. The van der Waals surface area contributed by atoms with Crippen molar-refractivity contribution < 1.29 is 9.31 Å². The van der Waals surface area contributed by atoms with Crippen molar-refractivity contribution >= 4 is 37.2 Å². The minimum atomic E-state index is -1.94. The first-order valence-electron chi connectivity index (χ1n) is 11.2. The number of fused-ring (bicyclic) bond motifs is 1. The maximum atomic E-state index is 6.41. The Bertz CT molecular complexity index is 1080. The molecule has 3 aromatic rings. The monoisotopic (exact) mass is 428 g/mol. The second-order valence-corrected chi connectivity index (χ2v) is 14.6. The van der Waals surface area contributed by atoms with Gasteiger partial charge < -0.3 is 9.31 Å². The van der Waals surface area contributed by atoms with Crippen LogP contribution in [0.4, 0.5) is 0 Å². The van der Waals surface area contributed by atoms with Crippen molar-refractivity contribution in [2.45, 2.75) is 58.3 Å². The van der Waals surface area contributed by atoms with E-state index < -0.39 is 8.07 Å². The van der Waals surface area contributed by atoms with E-state index in [1.807, 2.05) is 0 Å². The molecular weight excluding hydrogens is 395 g/mol. The largest absolute Gasteiger partial charge is 0.461 e. The Kier molecular flexibility index (Phi) is 5.76. The molecule has 1 aliphatic rings. The first-order chi connectivity index (χ1) is 14.6. The summed E-state index contributed by atoms with van der Waals surface area (Å²) in [5.41, 5.74) is 0.627. The SMILES string of the molecule is CC1(C)OB(C/C(=C/c2cccc3ccccc23)[Si](C)(C)c2ccccc2)OC1(C)C. The van der Waals surface area contributed by atoms with Crippen molar-refractivity contribution in [1.29, 1.82) is 0 Å². The van der Waals surface area contributed by atoms with E-state index in [0.717, 1.165) is 6.32 Å². The molecule has 31 heavy (non-hydrogen) atoms. The summed E-state index contributed by atoms with van der Waals surface area (Å²) in [6.45, 7) is 13.4. The van der Waals surface area contributed by atoms with Gasteiger partial charge in [-0.2, -0.15) is 0 Å².